The molecule has 0 radical (unpaired) electrons. The van der Waals surface area contributed by atoms with Gasteiger partial charge in [0.25, 0.3) is 5.56 Å². The molecule has 2 aromatic rings. The van der Waals surface area contributed by atoms with Gasteiger partial charge in [-0.05, 0) is 0 Å². The van der Waals surface area contributed by atoms with Crippen LogP contribution >= 0.6 is 0 Å². The van der Waals surface area contributed by atoms with E-state index in [9.17, 15) is 9.59 Å². The predicted octanol–water partition coefficient (Wildman–Crippen LogP) is -0.985. The van der Waals surface area contributed by atoms with Gasteiger partial charge in [0.2, 0.25) is 5.88 Å². The van der Waals surface area contributed by atoms with Gasteiger partial charge in [0.1, 0.15) is 0 Å². The molecule has 0 fully saturated rings. The van der Waals surface area contributed by atoms with Crippen LogP contribution < -0.4 is 16.0 Å². The normalized spacial score (nSPS) is 10.4. The summed E-state index contributed by atoms with van der Waals surface area (Å²) < 4.78 is 4.79. The monoisotopic (exact) mass is 194 g/mol. The number of nitrogens with zero attached hydrogens (tertiary/aromatic N) is 2. The fraction of sp³-hybridized carbons (Fsp3) is 0.143. The Hall–Kier alpha value is -2.18. The summed E-state index contributed by atoms with van der Waals surface area (Å²) in [5.74, 6) is 0.235. The Bertz CT molecular complexity index is 585. The number of aromatic nitrogens is 4. The van der Waals surface area contributed by atoms with E-state index in [1.807, 2.05) is 4.98 Å². The third kappa shape index (κ3) is 1.24. The minimum absolute atomic E-state index is 0.0744. The van der Waals surface area contributed by atoms with Gasteiger partial charge >= 0.3 is 5.69 Å². The predicted molar refractivity (Wildman–Crippen MR) is 47.3 cm³/mol. The number of fused-ring (bicyclic) bond motifs is 1. The van der Waals surface area contributed by atoms with Crippen LogP contribution in [0.2, 0.25) is 0 Å². The maximum Gasteiger partial charge on any atom is 0.326 e. The summed E-state index contributed by atoms with van der Waals surface area (Å²) in [5.41, 5.74) is -0.785. The molecule has 7 heteroatoms. The highest BCUT2D eigenvalue weighted by Gasteiger charge is 2.04. The highest BCUT2D eigenvalue weighted by atomic mass is 16.5. The fourth-order valence-electron chi connectivity index (χ4n) is 1.05. The van der Waals surface area contributed by atoms with Crippen molar-refractivity contribution in [2.45, 2.75) is 0 Å². The first-order valence-electron chi connectivity index (χ1n) is 3.75. The molecule has 0 saturated heterocycles. The molecule has 2 aromatic heterocycles. The first-order valence-corrected chi connectivity index (χ1v) is 3.75. The lowest BCUT2D eigenvalue weighted by Crippen LogP contribution is -2.22. The van der Waals surface area contributed by atoms with Gasteiger partial charge in [-0.3, -0.25) is 9.78 Å². The van der Waals surface area contributed by atoms with Gasteiger partial charge in [-0.15, -0.1) is 10.2 Å². The average molecular weight is 194 g/mol. The summed E-state index contributed by atoms with van der Waals surface area (Å²) in [5, 5.41) is 7.21. The Morgan fingerprint density at radius 2 is 2.07 bits per heavy atom. The molecule has 0 aromatic carbocycles. The molecule has 2 rings (SSSR count). The Morgan fingerprint density at radius 1 is 1.29 bits per heavy atom. The molecule has 2 heterocycles. The van der Waals surface area contributed by atoms with Crippen LogP contribution in [0.5, 0.6) is 5.88 Å². The van der Waals surface area contributed by atoms with Crippen molar-refractivity contribution in [3.05, 3.63) is 26.9 Å². The van der Waals surface area contributed by atoms with E-state index in [0.717, 1.165) is 0 Å². The van der Waals surface area contributed by atoms with Gasteiger partial charge in [0, 0.05) is 6.07 Å². The van der Waals surface area contributed by atoms with Crippen LogP contribution in [0, 0.1) is 0 Å². The highest BCUT2D eigenvalue weighted by Crippen LogP contribution is 2.07. The zero-order valence-corrected chi connectivity index (χ0v) is 7.20. The number of methoxy groups -OCH3 is 1. The van der Waals surface area contributed by atoms with Crippen molar-refractivity contribution in [3.8, 4) is 5.88 Å². The van der Waals surface area contributed by atoms with E-state index < -0.39 is 11.2 Å². The Labute approximate surface area is 76.8 Å². The molecule has 0 aliphatic rings. The lowest BCUT2D eigenvalue weighted by molar-refractivity contribution is 0.393. The van der Waals surface area contributed by atoms with Crippen molar-refractivity contribution in [2.24, 2.45) is 0 Å². The van der Waals surface area contributed by atoms with Gasteiger partial charge in [-0.2, -0.15) is 0 Å². The van der Waals surface area contributed by atoms with Crippen molar-refractivity contribution in [1.29, 1.82) is 0 Å². The Balaban J connectivity index is 2.89. The van der Waals surface area contributed by atoms with Crippen LogP contribution in [0.3, 0.4) is 0 Å². The summed E-state index contributed by atoms with van der Waals surface area (Å²) in [6.45, 7) is 0. The summed E-state index contributed by atoms with van der Waals surface area (Å²) in [7, 11) is 1.42. The minimum atomic E-state index is -0.586. The van der Waals surface area contributed by atoms with E-state index in [4.69, 9.17) is 4.74 Å². The second-order valence-electron chi connectivity index (χ2n) is 2.56. The van der Waals surface area contributed by atoms with Crippen LogP contribution in [-0.2, 0) is 0 Å². The number of rotatable bonds is 1. The number of hydrogen-bond donors (Lipinski definition) is 2. The largest absolute Gasteiger partial charge is 0.480 e. The molecule has 0 atom stereocenters. The quantitative estimate of drug-likeness (QED) is 0.607. The van der Waals surface area contributed by atoms with Gasteiger partial charge in [-0.25, -0.2) is 4.79 Å². The van der Waals surface area contributed by atoms with Crippen molar-refractivity contribution in [3.63, 3.8) is 0 Å². The fourth-order valence-corrected chi connectivity index (χ4v) is 1.05. The molecule has 0 bridgehead atoms. The van der Waals surface area contributed by atoms with Crippen molar-refractivity contribution in [1.82, 2.24) is 20.2 Å². The van der Waals surface area contributed by atoms with Gasteiger partial charge < -0.3 is 9.72 Å². The van der Waals surface area contributed by atoms with E-state index in [-0.39, 0.29) is 11.4 Å². The summed E-state index contributed by atoms with van der Waals surface area (Å²) in [6.07, 6.45) is 0. The third-order valence-corrected chi connectivity index (χ3v) is 1.67. The molecule has 0 unspecified atom stereocenters. The summed E-state index contributed by atoms with van der Waals surface area (Å²) in [6, 6.07) is 1.43. The van der Waals surface area contributed by atoms with E-state index in [0.29, 0.717) is 5.52 Å². The Morgan fingerprint density at radius 3 is 2.79 bits per heavy atom. The molecule has 0 aliphatic carbocycles. The molecule has 72 valence electrons. The molecule has 0 amide bonds. The van der Waals surface area contributed by atoms with Crippen LogP contribution in [0.4, 0.5) is 0 Å². The SMILES string of the molecule is COc1cc2[nH]c(=O)[nH]c(=O)c2nn1. The number of nitrogens with one attached hydrogen (secondary N) is 2. The maximum absolute atomic E-state index is 11.2. The molecule has 0 saturated carbocycles. The van der Waals surface area contributed by atoms with Gasteiger partial charge in [0.15, 0.2) is 5.52 Å². The number of H-pyrrole nitrogens is 2. The summed E-state index contributed by atoms with van der Waals surface area (Å²) >= 11 is 0. The molecular formula is C7H6N4O3. The average Bonchev–Trinajstić information content (AvgIpc) is 2.16. The van der Waals surface area contributed by atoms with Crippen LogP contribution in [0.1, 0.15) is 0 Å². The van der Waals surface area contributed by atoms with Crippen molar-refractivity contribution in [2.75, 3.05) is 7.11 Å². The first-order chi connectivity index (χ1) is 6.70. The zero-order valence-electron chi connectivity index (χ0n) is 7.20. The number of ether oxygens (including phenoxy) is 1. The second-order valence-corrected chi connectivity index (χ2v) is 2.56. The van der Waals surface area contributed by atoms with Gasteiger partial charge in [-0.1, -0.05) is 0 Å². The van der Waals surface area contributed by atoms with Crippen LogP contribution in [-0.4, -0.2) is 27.3 Å². The van der Waals surface area contributed by atoms with E-state index >= 15 is 0 Å². The summed E-state index contributed by atoms with van der Waals surface area (Å²) in [4.78, 5) is 26.5. The maximum atomic E-state index is 11.2. The molecule has 0 spiro atoms. The Kier molecular flexibility index (Phi) is 1.77. The smallest absolute Gasteiger partial charge is 0.326 e. The van der Waals surface area contributed by atoms with Crippen LogP contribution in [0.25, 0.3) is 11.0 Å². The number of hydrogen-bond acceptors (Lipinski definition) is 5. The van der Waals surface area contributed by atoms with Crippen LogP contribution in [0.15, 0.2) is 15.7 Å². The topological polar surface area (TPSA) is 101 Å². The number of aromatic amines is 2. The molecule has 0 aliphatic heterocycles. The minimum Gasteiger partial charge on any atom is -0.480 e. The van der Waals surface area contributed by atoms with Gasteiger partial charge in [0.05, 0.1) is 12.6 Å². The molecule has 2 N–H and O–H groups in total. The second kappa shape index (κ2) is 2.95. The van der Waals surface area contributed by atoms with E-state index in [1.54, 1.807) is 0 Å². The van der Waals surface area contributed by atoms with Crippen molar-refractivity contribution < 1.29 is 4.74 Å². The highest BCUT2D eigenvalue weighted by molar-refractivity contribution is 5.72. The first kappa shape index (κ1) is 8.42. The van der Waals surface area contributed by atoms with E-state index in [1.165, 1.54) is 13.2 Å². The van der Waals surface area contributed by atoms with E-state index in [2.05, 4.69) is 15.2 Å². The third-order valence-electron chi connectivity index (χ3n) is 1.67. The lowest BCUT2D eigenvalue weighted by Gasteiger charge is -1.97. The standard InChI is InChI=1S/C7H6N4O3/c1-14-4-2-3-5(11-10-4)6(12)9-7(13)8-3/h2H,1H3,(H2,8,9,12,13). The molecular weight excluding hydrogens is 188 g/mol. The molecule has 14 heavy (non-hydrogen) atoms. The lowest BCUT2D eigenvalue weighted by atomic mass is 10.4. The molecule has 7 nitrogen and oxygen atoms in total. The zero-order chi connectivity index (χ0) is 10.1. The van der Waals surface area contributed by atoms with Crippen molar-refractivity contribution >= 4 is 11.0 Å².